The van der Waals surface area contributed by atoms with Crippen LogP contribution in [0.15, 0.2) is 35.7 Å². The maximum absolute atomic E-state index is 12.1. The van der Waals surface area contributed by atoms with Crippen LogP contribution in [-0.4, -0.2) is 72.3 Å². The van der Waals surface area contributed by atoms with Gasteiger partial charge in [-0.25, -0.2) is 4.98 Å². The fraction of sp³-hybridized carbons (Fsp3) is 0.500. The molecule has 0 bridgehead atoms. The van der Waals surface area contributed by atoms with Gasteiger partial charge in [-0.15, -0.1) is 11.3 Å². The molecule has 6 nitrogen and oxygen atoms in total. The van der Waals surface area contributed by atoms with Crippen molar-refractivity contribution >= 4 is 17.3 Å². The van der Waals surface area contributed by atoms with Gasteiger partial charge in [0.1, 0.15) is 5.01 Å². The normalized spacial score (nSPS) is 25.7. The van der Waals surface area contributed by atoms with Gasteiger partial charge in [-0.3, -0.25) is 14.6 Å². The molecular weight excluding hydrogens is 362 g/mol. The molecule has 0 radical (unpaired) electrons. The summed E-state index contributed by atoms with van der Waals surface area (Å²) in [4.78, 5) is 21.4. The molecule has 0 spiro atoms. The van der Waals surface area contributed by atoms with Gasteiger partial charge >= 0.3 is 5.97 Å². The monoisotopic (exact) mass is 387 g/mol. The number of likely N-dealkylation sites (tertiary alicyclic amines) is 2. The third kappa shape index (κ3) is 3.65. The number of fused-ring (bicyclic) bond motifs is 1. The van der Waals surface area contributed by atoms with Crippen molar-refractivity contribution in [2.45, 2.75) is 6.54 Å². The van der Waals surface area contributed by atoms with E-state index in [0.29, 0.717) is 19.7 Å². The highest BCUT2D eigenvalue weighted by atomic mass is 32.1. The Morgan fingerprint density at radius 3 is 2.74 bits per heavy atom. The second-order valence-electron chi connectivity index (χ2n) is 7.55. The van der Waals surface area contributed by atoms with Gasteiger partial charge in [0, 0.05) is 56.7 Å². The van der Waals surface area contributed by atoms with Crippen molar-refractivity contribution in [2.24, 2.45) is 11.3 Å². The third-order valence-corrected chi connectivity index (χ3v) is 6.60. The number of nitrogens with zero attached hydrogens (tertiary/aromatic N) is 3. The van der Waals surface area contributed by atoms with Crippen LogP contribution in [0, 0.1) is 11.3 Å². The Balaban J connectivity index is 1.43. The van der Waals surface area contributed by atoms with Crippen molar-refractivity contribution in [1.82, 2.24) is 14.8 Å². The average molecular weight is 388 g/mol. The van der Waals surface area contributed by atoms with E-state index in [4.69, 9.17) is 9.72 Å². The zero-order valence-corrected chi connectivity index (χ0v) is 16.3. The number of carbonyl (C=O) groups is 1. The molecule has 3 heterocycles. The number of carboxylic acid groups (broad SMARTS) is 1. The Hall–Kier alpha value is -1.80. The summed E-state index contributed by atoms with van der Waals surface area (Å²) in [5.74, 6) is -0.501. The first-order chi connectivity index (χ1) is 13.1. The highest BCUT2D eigenvalue weighted by Crippen LogP contribution is 2.43. The van der Waals surface area contributed by atoms with Gasteiger partial charge in [0.2, 0.25) is 0 Å². The lowest BCUT2D eigenvalue weighted by Gasteiger charge is -2.25. The molecule has 1 aromatic carbocycles. The van der Waals surface area contributed by atoms with Crippen LogP contribution < -0.4 is 0 Å². The van der Waals surface area contributed by atoms with E-state index in [1.807, 2.05) is 18.2 Å². The van der Waals surface area contributed by atoms with Crippen LogP contribution in [-0.2, 0) is 16.1 Å². The van der Waals surface area contributed by atoms with Crippen molar-refractivity contribution in [1.29, 1.82) is 0 Å². The lowest BCUT2D eigenvalue weighted by Crippen LogP contribution is -2.41. The number of ether oxygens (including phenoxy) is 1. The highest BCUT2D eigenvalue weighted by Gasteiger charge is 2.57. The molecule has 0 saturated carbocycles. The quantitative estimate of drug-likeness (QED) is 0.786. The molecule has 27 heavy (non-hydrogen) atoms. The SMILES string of the molecule is COCCN1C[C@@H]2CN(Cc3nc(-c4ccccc4)cs3)C[C@]2(C(=O)O)C1. The van der Waals surface area contributed by atoms with Gasteiger partial charge in [-0.05, 0) is 0 Å². The molecule has 2 fully saturated rings. The molecular formula is C20H25N3O3S. The summed E-state index contributed by atoms with van der Waals surface area (Å²) in [5, 5.41) is 13.1. The van der Waals surface area contributed by atoms with Crippen molar-refractivity contribution < 1.29 is 14.6 Å². The number of aromatic nitrogens is 1. The maximum Gasteiger partial charge on any atom is 0.312 e. The van der Waals surface area contributed by atoms with Gasteiger partial charge in [0.15, 0.2) is 0 Å². The Bertz CT molecular complexity index is 797. The fourth-order valence-electron chi connectivity index (χ4n) is 4.40. The minimum absolute atomic E-state index is 0.167. The number of methoxy groups -OCH3 is 1. The van der Waals surface area contributed by atoms with Gasteiger partial charge in [0.25, 0.3) is 0 Å². The van der Waals surface area contributed by atoms with Crippen LogP contribution >= 0.6 is 11.3 Å². The molecule has 0 aliphatic carbocycles. The number of thiazole rings is 1. The van der Waals surface area contributed by atoms with E-state index in [1.165, 1.54) is 0 Å². The third-order valence-electron chi connectivity index (χ3n) is 5.77. The minimum atomic E-state index is -0.668. The van der Waals surface area contributed by atoms with E-state index in [2.05, 4.69) is 27.3 Å². The molecule has 1 aromatic heterocycles. The van der Waals surface area contributed by atoms with E-state index in [9.17, 15) is 9.90 Å². The minimum Gasteiger partial charge on any atom is -0.481 e. The first kappa shape index (κ1) is 18.6. The first-order valence-electron chi connectivity index (χ1n) is 9.27. The molecule has 7 heteroatoms. The Labute approximate surface area is 163 Å². The number of rotatable bonds is 7. The smallest absolute Gasteiger partial charge is 0.312 e. The average Bonchev–Trinajstić information content (AvgIpc) is 3.34. The van der Waals surface area contributed by atoms with E-state index < -0.39 is 11.4 Å². The van der Waals surface area contributed by atoms with Crippen LogP contribution in [0.2, 0.25) is 0 Å². The van der Waals surface area contributed by atoms with Crippen molar-refractivity contribution in [2.75, 3.05) is 46.4 Å². The summed E-state index contributed by atoms with van der Waals surface area (Å²) in [6.45, 7) is 5.02. The van der Waals surface area contributed by atoms with Crippen molar-refractivity contribution in [3.63, 3.8) is 0 Å². The summed E-state index contributed by atoms with van der Waals surface area (Å²) in [6, 6.07) is 10.2. The van der Waals surface area contributed by atoms with Gasteiger partial charge in [-0.2, -0.15) is 0 Å². The van der Waals surface area contributed by atoms with Crippen LogP contribution in [0.5, 0.6) is 0 Å². The first-order valence-corrected chi connectivity index (χ1v) is 10.2. The Kier molecular flexibility index (Phi) is 5.27. The molecule has 144 valence electrons. The van der Waals surface area contributed by atoms with Gasteiger partial charge < -0.3 is 9.84 Å². The van der Waals surface area contributed by atoms with Gasteiger partial charge in [-0.1, -0.05) is 30.3 Å². The zero-order valence-electron chi connectivity index (χ0n) is 15.5. The second kappa shape index (κ2) is 7.67. The van der Waals surface area contributed by atoms with E-state index in [0.717, 1.165) is 42.4 Å². The van der Waals surface area contributed by atoms with Crippen LogP contribution in [0.1, 0.15) is 5.01 Å². The lowest BCUT2D eigenvalue weighted by atomic mass is 9.81. The number of aliphatic carboxylic acids is 1. The standard InChI is InChI=1S/C20H25N3O3S/c1-26-8-7-22-9-16-10-23(14-20(16,13-22)19(24)25)11-18-21-17(12-27-18)15-5-3-2-4-6-15/h2-6,12,16H,7-11,13-14H2,1H3,(H,24,25)/t16-,20-/m1/s1. The summed E-state index contributed by atoms with van der Waals surface area (Å²) in [7, 11) is 1.68. The lowest BCUT2D eigenvalue weighted by molar-refractivity contribution is -0.149. The second-order valence-corrected chi connectivity index (χ2v) is 8.49. The summed E-state index contributed by atoms with van der Waals surface area (Å²) >= 11 is 1.65. The summed E-state index contributed by atoms with van der Waals surface area (Å²) in [6.07, 6.45) is 0. The number of hydrogen-bond donors (Lipinski definition) is 1. The van der Waals surface area contributed by atoms with Gasteiger partial charge in [0.05, 0.1) is 24.3 Å². The summed E-state index contributed by atoms with van der Waals surface area (Å²) < 4.78 is 5.15. The number of benzene rings is 1. The van der Waals surface area contributed by atoms with Crippen molar-refractivity contribution in [3.05, 3.63) is 40.7 Å². The predicted octanol–water partition coefficient (Wildman–Crippen LogP) is 2.27. The molecule has 2 aliphatic rings. The van der Waals surface area contributed by atoms with E-state index in [-0.39, 0.29) is 5.92 Å². The topological polar surface area (TPSA) is 65.9 Å². The Morgan fingerprint density at radius 1 is 1.30 bits per heavy atom. The predicted molar refractivity (Wildman–Crippen MR) is 105 cm³/mol. The molecule has 4 rings (SSSR count). The zero-order chi connectivity index (χ0) is 18.9. The highest BCUT2D eigenvalue weighted by molar-refractivity contribution is 7.09. The summed E-state index contributed by atoms with van der Waals surface area (Å²) in [5.41, 5.74) is 1.45. The Morgan fingerprint density at radius 2 is 2.04 bits per heavy atom. The van der Waals surface area contributed by atoms with Crippen molar-refractivity contribution in [3.8, 4) is 11.3 Å². The molecule has 2 saturated heterocycles. The molecule has 2 atom stereocenters. The van der Waals surface area contributed by atoms with E-state index in [1.54, 1.807) is 18.4 Å². The fourth-order valence-corrected chi connectivity index (χ4v) is 5.25. The number of hydrogen-bond acceptors (Lipinski definition) is 6. The van der Waals surface area contributed by atoms with E-state index >= 15 is 0 Å². The molecule has 2 aliphatic heterocycles. The molecule has 0 unspecified atom stereocenters. The van der Waals surface area contributed by atoms with Crippen LogP contribution in [0.3, 0.4) is 0 Å². The van der Waals surface area contributed by atoms with Crippen LogP contribution in [0.25, 0.3) is 11.3 Å². The van der Waals surface area contributed by atoms with Crippen LogP contribution in [0.4, 0.5) is 0 Å². The molecule has 0 amide bonds. The largest absolute Gasteiger partial charge is 0.481 e. The molecule has 2 aromatic rings. The number of carboxylic acids is 1. The molecule has 1 N–H and O–H groups in total. The maximum atomic E-state index is 12.1.